The van der Waals surface area contributed by atoms with Gasteiger partial charge in [0.1, 0.15) is 23.0 Å². The summed E-state index contributed by atoms with van der Waals surface area (Å²) < 4.78 is 46.1. The topological polar surface area (TPSA) is 47.4 Å². The quantitative estimate of drug-likeness (QED) is 0.509. The van der Waals surface area contributed by atoms with Crippen LogP contribution in [0.1, 0.15) is 23.2 Å². The van der Waals surface area contributed by atoms with Gasteiger partial charge in [-0.2, -0.15) is 18.2 Å². The fourth-order valence-electron chi connectivity index (χ4n) is 3.33. The van der Waals surface area contributed by atoms with Crippen LogP contribution >= 0.6 is 11.6 Å². The molecule has 1 aromatic heterocycles. The molecule has 4 rings (SSSR count). The van der Waals surface area contributed by atoms with Crippen molar-refractivity contribution in [2.75, 3.05) is 18.5 Å². The maximum atomic E-state index is 13.0. The summed E-state index contributed by atoms with van der Waals surface area (Å²) >= 11 is 5.63. The van der Waals surface area contributed by atoms with E-state index in [-0.39, 0.29) is 11.4 Å². The van der Waals surface area contributed by atoms with E-state index in [2.05, 4.69) is 16.8 Å². The molecule has 0 radical (unpaired) electrons. The molecule has 0 unspecified atom stereocenters. The molecule has 0 amide bonds. The molecule has 0 saturated carbocycles. The van der Waals surface area contributed by atoms with Crippen molar-refractivity contribution in [1.29, 1.82) is 0 Å². The molecule has 0 bridgehead atoms. The van der Waals surface area contributed by atoms with Gasteiger partial charge in [0.05, 0.1) is 10.6 Å². The predicted molar refractivity (Wildman–Crippen MR) is 115 cm³/mol. The highest BCUT2D eigenvalue weighted by molar-refractivity contribution is 6.31. The first-order valence-corrected chi connectivity index (χ1v) is 10.1. The second kappa shape index (κ2) is 8.60. The van der Waals surface area contributed by atoms with Crippen molar-refractivity contribution in [3.8, 4) is 23.3 Å². The smallest absolute Gasteiger partial charge is 0.417 e. The number of anilines is 1. The maximum absolute atomic E-state index is 13.0. The molecule has 32 heavy (non-hydrogen) atoms. The van der Waals surface area contributed by atoms with E-state index >= 15 is 0 Å². The number of rotatable bonds is 2. The second-order valence-electron chi connectivity index (χ2n) is 7.22. The summed E-state index contributed by atoms with van der Waals surface area (Å²) in [6, 6.07) is 11.7. The largest absolute Gasteiger partial charge is 0.457 e. The van der Waals surface area contributed by atoms with E-state index in [0.29, 0.717) is 23.6 Å². The van der Waals surface area contributed by atoms with E-state index in [1.54, 1.807) is 34.9 Å². The van der Waals surface area contributed by atoms with Gasteiger partial charge in [0.25, 0.3) is 0 Å². The molecule has 0 spiro atoms. The number of benzene rings is 2. The molecule has 3 aromatic rings. The van der Waals surface area contributed by atoms with Crippen molar-refractivity contribution in [2.24, 2.45) is 0 Å². The van der Waals surface area contributed by atoms with Crippen molar-refractivity contribution in [2.45, 2.75) is 19.1 Å². The SMILES string of the molecule is CN1CCCn2c1cc(C#Cc1ccc(Oc3ccc(Cl)c(C(F)(F)F)c3)cc1)nc2=O. The molecular formula is C23H17ClF3N3O2. The van der Waals surface area contributed by atoms with Gasteiger partial charge in [0.15, 0.2) is 0 Å². The molecule has 0 aliphatic carbocycles. The van der Waals surface area contributed by atoms with Crippen LogP contribution < -0.4 is 15.3 Å². The predicted octanol–water partition coefficient (Wildman–Crippen LogP) is 4.95. The van der Waals surface area contributed by atoms with Gasteiger partial charge in [-0.3, -0.25) is 4.57 Å². The van der Waals surface area contributed by atoms with Crippen LogP contribution in [-0.2, 0) is 12.7 Å². The molecule has 0 N–H and O–H groups in total. The molecule has 0 saturated heterocycles. The van der Waals surface area contributed by atoms with Gasteiger partial charge in [0.2, 0.25) is 0 Å². The number of fused-ring (bicyclic) bond motifs is 1. The lowest BCUT2D eigenvalue weighted by Crippen LogP contribution is -2.36. The van der Waals surface area contributed by atoms with Crippen LogP contribution in [0, 0.1) is 11.8 Å². The minimum absolute atomic E-state index is 0.0170. The number of ether oxygens (including phenoxy) is 1. The number of hydrogen-bond donors (Lipinski definition) is 0. The number of halogens is 4. The molecule has 2 heterocycles. The van der Waals surface area contributed by atoms with E-state index in [9.17, 15) is 18.0 Å². The van der Waals surface area contributed by atoms with Gasteiger partial charge >= 0.3 is 11.9 Å². The highest BCUT2D eigenvalue weighted by Crippen LogP contribution is 2.37. The average molecular weight is 460 g/mol. The van der Waals surface area contributed by atoms with Crippen LogP contribution in [0.15, 0.2) is 53.3 Å². The first-order chi connectivity index (χ1) is 15.2. The molecule has 164 valence electrons. The van der Waals surface area contributed by atoms with Crippen molar-refractivity contribution in [1.82, 2.24) is 9.55 Å². The van der Waals surface area contributed by atoms with E-state index in [1.165, 1.54) is 6.07 Å². The van der Waals surface area contributed by atoms with Gasteiger partial charge in [-0.05, 0) is 54.8 Å². The summed E-state index contributed by atoms with van der Waals surface area (Å²) in [5.74, 6) is 6.97. The monoisotopic (exact) mass is 459 g/mol. The summed E-state index contributed by atoms with van der Waals surface area (Å²) in [5.41, 5.74) is -0.282. The molecular weight excluding hydrogens is 443 g/mol. The molecule has 0 fully saturated rings. The van der Waals surface area contributed by atoms with Gasteiger partial charge in [0, 0.05) is 31.8 Å². The van der Waals surface area contributed by atoms with Crippen molar-refractivity contribution >= 4 is 17.4 Å². The van der Waals surface area contributed by atoms with Gasteiger partial charge in [-0.1, -0.05) is 17.5 Å². The zero-order chi connectivity index (χ0) is 22.9. The Bertz CT molecular complexity index is 1270. The third kappa shape index (κ3) is 4.73. The van der Waals surface area contributed by atoms with Gasteiger partial charge in [-0.25, -0.2) is 4.79 Å². The summed E-state index contributed by atoms with van der Waals surface area (Å²) in [5, 5.41) is -0.392. The van der Waals surface area contributed by atoms with Crippen LogP contribution in [0.2, 0.25) is 5.02 Å². The van der Waals surface area contributed by atoms with Crippen molar-refractivity contribution < 1.29 is 17.9 Å². The third-order valence-electron chi connectivity index (χ3n) is 4.92. The van der Waals surface area contributed by atoms with E-state index in [0.717, 1.165) is 30.9 Å². The molecule has 1 aliphatic heterocycles. The highest BCUT2D eigenvalue weighted by atomic mass is 35.5. The van der Waals surface area contributed by atoms with Gasteiger partial charge in [-0.15, -0.1) is 0 Å². The Morgan fingerprint density at radius 3 is 2.47 bits per heavy atom. The third-order valence-corrected chi connectivity index (χ3v) is 5.25. The Hall–Kier alpha value is -3.44. The zero-order valence-electron chi connectivity index (χ0n) is 16.9. The molecule has 2 aromatic carbocycles. The summed E-state index contributed by atoms with van der Waals surface area (Å²) in [4.78, 5) is 18.2. The lowest BCUT2D eigenvalue weighted by atomic mass is 10.2. The van der Waals surface area contributed by atoms with Crippen LogP contribution in [0.25, 0.3) is 0 Å². The fourth-order valence-corrected chi connectivity index (χ4v) is 3.55. The molecule has 1 aliphatic rings. The molecule has 5 nitrogen and oxygen atoms in total. The number of aromatic nitrogens is 2. The lowest BCUT2D eigenvalue weighted by Gasteiger charge is -2.27. The minimum Gasteiger partial charge on any atom is -0.457 e. The number of alkyl halides is 3. The normalized spacial score (nSPS) is 13.2. The Morgan fingerprint density at radius 1 is 1.03 bits per heavy atom. The first kappa shape index (κ1) is 21.8. The zero-order valence-corrected chi connectivity index (χ0v) is 17.7. The molecule has 9 heteroatoms. The highest BCUT2D eigenvalue weighted by Gasteiger charge is 2.33. The molecule has 0 atom stereocenters. The summed E-state index contributed by atoms with van der Waals surface area (Å²) in [7, 11) is 1.92. The average Bonchev–Trinajstić information content (AvgIpc) is 2.75. The van der Waals surface area contributed by atoms with E-state index < -0.39 is 16.8 Å². The minimum atomic E-state index is -4.57. The van der Waals surface area contributed by atoms with Crippen LogP contribution in [0.4, 0.5) is 19.0 Å². The Kier molecular flexibility index (Phi) is 5.85. The van der Waals surface area contributed by atoms with E-state index in [1.807, 2.05) is 11.9 Å². The lowest BCUT2D eigenvalue weighted by molar-refractivity contribution is -0.137. The van der Waals surface area contributed by atoms with E-state index in [4.69, 9.17) is 16.3 Å². The Balaban J connectivity index is 1.52. The standard InChI is InChI=1S/C23H17ClF3N3O2/c1-29-11-2-12-30-21(29)13-16(28-22(30)31)6-3-15-4-7-17(8-5-15)32-18-9-10-20(24)19(14-18)23(25,26)27/h4-5,7-10,13-14H,2,11-12H2,1H3. The second-order valence-corrected chi connectivity index (χ2v) is 7.63. The Morgan fingerprint density at radius 2 is 1.75 bits per heavy atom. The van der Waals surface area contributed by atoms with Crippen LogP contribution in [0.5, 0.6) is 11.5 Å². The number of nitrogens with zero attached hydrogens (tertiary/aromatic N) is 3. The van der Waals surface area contributed by atoms with Crippen LogP contribution in [-0.4, -0.2) is 23.1 Å². The van der Waals surface area contributed by atoms with Crippen molar-refractivity contribution in [3.05, 3.63) is 80.9 Å². The Labute approximate surface area is 187 Å². The van der Waals surface area contributed by atoms with Gasteiger partial charge < -0.3 is 9.64 Å². The summed E-state index contributed by atoms with van der Waals surface area (Å²) in [6.45, 7) is 1.49. The van der Waals surface area contributed by atoms with Crippen LogP contribution in [0.3, 0.4) is 0 Å². The fraction of sp³-hybridized carbons (Fsp3) is 0.217. The van der Waals surface area contributed by atoms with Crippen molar-refractivity contribution in [3.63, 3.8) is 0 Å². The first-order valence-electron chi connectivity index (χ1n) is 9.70. The summed E-state index contributed by atoms with van der Waals surface area (Å²) in [6.07, 6.45) is -3.68. The number of hydrogen-bond acceptors (Lipinski definition) is 4. The maximum Gasteiger partial charge on any atom is 0.417 e.